The zero-order chi connectivity index (χ0) is 27.2. The molecule has 0 radical (unpaired) electrons. The van der Waals surface area contributed by atoms with Crippen LogP contribution in [0.4, 0.5) is 21.6 Å². The summed E-state index contributed by atoms with van der Waals surface area (Å²) in [7, 11) is 0. The summed E-state index contributed by atoms with van der Waals surface area (Å²) in [4.78, 5) is 24.5. The van der Waals surface area contributed by atoms with Crippen molar-refractivity contribution < 1.29 is 13.9 Å². The molecule has 7 rings (SSSR count). The normalized spacial score (nSPS) is 24.7. The van der Waals surface area contributed by atoms with Gasteiger partial charge in [-0.25, -0.2) is 14.1 Å². The highest BCUT2D eigenvalue weighted by atomic mass is 19.1. The fraction of sp³-hybridized carbons (Fsp3) is 0.483. The van der Waals surface area contributed by atoms with Crippen LogP contribution in [0.25, 0.3) is 17.1 Å². The number of piperidine rings is 1. The highest BCUT2D eigenvalue weighted by molar-refractivity contribution is 5.96. The van der Waals surface area contributed by atoms with Gasteiger partial charge in [-0.2, -0.15) is 5.10 Å². The molecule has 4 aliphatic rings. The first-order valence-corrected chi connectivity index (χ1v) is 14.2. The molecule has 4 aliphatic heterocycles. The summed E-state index contributed by atoms with van der Waals surface area (Å²) in [5.41, 5.74) is 4.80. The van der Waals surface area contributed by atoms with E-state index in [4.69, 9.17) is 14.8 Å². The molecule has 0 saturated carbocycles. The first-order valence-electron chi connectivity index (χ1n) is 14.2. The van der Waals surface area contributed by atoms with Gasteiger partial charge in [0.1, 0.15) is 11.9 Å². The van der Waals surface area contributed by atoms with E-state index in [0.29, 0.717) is 37.8 Å². The van der Waals surface area contributed by atoms with Gasteiger partial charge in [0.25, 0.3) is 5.91 Å². The van der Waals surface area contributed by atoms with Crippen LogP contribution in [0.1, 0.15) is 18.4 Å². The first-order chi connectivity index (χ1) is 19.5. The van der Waals surface area contributed by atoms with E-state index in [0.717, 1.165) is 55.2 Å². The lowest BCUT2D eigenvalue weighted by atomic mass is 9.98. The fourth-order valence-corrected chi connectivity index (χ4v) is 6.15. The molecule has 0 aliphatic carbocycles. The molecule has 40 heavy (non-hydrogen) atoms. The number of anilines is 3. The van der Waals surface area contributed by atoms with E-state index in [2.05, 4.69) is 39.5 Å². The molecule has 3 saturated heterocycles. The lowest BCUT2D eigenvalue weighted by Gasteiger charge is -2.44. The van der Waals surface area contributed by atoms with Crippen LogP contribution in [0.2, 0.25) is 0 Å². The molecule has 3 unspecified atom stereocenters. The minimum absolute atomic E-state index is 0.0737. The summed E-state index contributed by atoms with van der Waals surface area (Å²) in [5.74, 6) is 1.09. The summed E-state index contributed by atoms with van der Waals surface area (Å²) >= 11 is 0. The molecule has 11 heteroatoms. The third kappa shape index (κ3) is 4.66. The average molecular weight is 547 g/mol. The molecule has 6 heterocycles. The summed E-state index contributed by atoms with van der Waals surface area (Å²) in [6, 6.07) is 12.2. The minimum atomic E-state index is -1.03. The van der Waals surface area contributed by atoms with Crippen molar-refractivity contribution in [3.05, 3.63) is 48.2 Å². The number of fused-ring (bicyclic) bond motifs is 1. The maximum Gasteiger partial charge on any atom is 0.265 e. The summed E-state index contributed by atoms with van der Waals surface area (Å²) in [6.45, 7) is 7.39. The van der Waals surface area contributed by atoms with Crippen LogP contribution in [0, 0.1) is 6.92 Å². The largest absolute Gasteiger partial charge is 0.378 e. The number of carbonyl (C=O) groups is 1. The number of nitrogens with zero attached hydrogens (tertiary/aromatic N) is 6. The minimum Gasteiger partial charge on any atom is -0.378 e. The van der Waals surface area contributed by atoms with Gasteiger partial charge in [-0.3, -0.25) is 9.69 Å². The van der Waals surface area contributed by atoms with E-state index in [1.807, 2.05) is 30.5 Å². The number of morpholine rings is 1. The molecule has 2 N–H and O–H groups in total. The third-order valence-corrected chi connectivity index (χ3v) is 8.47. The second-order valence-electron chi connectivity index (χ2n) is 11.1. The summed E-state index contributed by atoms with van der Waals surface area (Å²) < 4.78 is 22.4. The number of aryl methyl sites for hydroxylation is 1. The number of carbonyl (C=O) groups excluding carboxylic acids is 1. The molecule has 210 valence electrons. The van der Waals surface area contributed by atoms with E-state index >= 15 is 4.39 Å². The number of ether oxygens (including phenoxy) is 1. The van der Waals surface area contributed by atoms with Gasteiger partial charge in [0.2, 0.25) is 0 Å². The Morgan fingerprint density at radius 2 is 1.93 bits per heavy atom. The zero-order valence-electron chi connectivity index (χ0n) is 22.7. The molecule has 0 bridgehead atoms. The lowest BCUT2D eigenvalue weighted by molar-refractivity contribution is -0.135. The molecule has 2 aromatic heterocycles. The van der Waals surface area contributed by atoms with Crippen molar-refractivity contribution in [3.8, 4) is 17.1 Å². The van der Waals surface area contributed by atoms with E-state index in [-0.39, 0.29) is 18.5 Å². The maximum absolute atomic E-state index is 15.1. The molecular weight excluding hydrogens is 511 g/mol. The van der Waals surface area contributed by atoms with Crippen molar-refractivity contribution in [2.75, 3.05) is 68.0 Å². The smallest absolute Gasteiger partial charge is 0.265 e. The number of hydrogen-bond donors (Lipinski definition) is 2. The van der Waals surface area contributed by atoms with Crippen molar-refractivity contribution in [3.63, 3.8) is 0 Å². The number of hydrogen-bond acceptors (Lipinski definition) is 8. The number of benzene rings is 1. The average Bonchev–Trinajstić information content (AvgIpc) is 3.61. The van der Waals surface area contributed by atoms with Gasteiger partial charge in [0.05, 0.1) is 31.1 Å². The lowest BCUT2D eigenvalue weighted by Crippen LogP contribution is -2.59. The van der Waals surface area contributed by atoms with E-state index in [9.17, 15) is 4.79 Å². The number of aromatic nitrogens is 3. The molecule has 3 aromatic rings. The Labute approximate surface area is 233 Å². The number of pyridine rings is 1. The highest BCUT2D eigenvalue weighted by Gasteiger charge is 2.40. The van der Waals surface area contributed by atoms with Crippen LogP contribution >= 0.6 is 0 Å². The number of rotatable bonds is 5. The van der Waals surface area contributed by atoms with Gasteiger partial charge < -0.3 is 25.2 Å². The monoisotopic (exact) mass is 546 g/mol. The second kappa shape index (κ2) is 10.4. The van der Waals surface area contributed by atoms with Crippen LogP contribution in [-0.2, 0) is 9.53 Å². The number of halogens is 1. The molecular formula is C29H35FN8O2. The van der Waals surface area contributed by atoms with Gasteiger partial charge in [-0.1, -0.05) is 23.8 Å². The van der Waals surface area contributed by atoms with Crippen molar-refractivity contribution in [2.24, 2.45) is 0 Å². The van der Waals surface area contributed by atoms with Gasteiger partial charge >= 0.3 is 0 Å². The Morgan fingerprint density at radius 1 is 1.07 bits per heavy atom. The Hall–Kier alpha value is -3.70. The van der Waals surface area contributed by atoms with Gasteiger partial charge in [0, 0.05) is 43.5 Å². The Morgan fingerprint density at radius 3 is 2.67 bits per heavy atom. The van der Waals surface area contributed by atoms with Crippen LogP contribution in [0.5, 0.6) is 0 Å². The number of alkyl halides is 1. The van der Waals surface area contributed by atoms with Crippen molar-refractivity contribution >= 4 is 23.1 Å². The quantitative estimate of drug-likeness (QED) is 0.505. The number of amides is 1. The third-order valence-electron chi connectivity index (χ3n) is 8.47. The Balaban J connectivity index is 1.15. The van der Waals surface area contributed by atoms with E-state index in [1.54, 1.807) is 9.58 Å². The van der Waals surface area contributed by atoms with E-state index < -0.39 is 12.3 Å². The molecule has 3 fully saturated rings. The molecule has 3 atom stereocenters. The maximum atomic E-state index is 15.1. The van der Waals surface area contributed by atoms with E-state index in [1.165, 1.54) is 5.56 Å². The zero-order valence-corrected chi connectivity index (χ0v) is 22.7. The number of nitrogens with one attached hydrogen (secondary N) is 2. The second-order valence-corrected chi connectivity index (χ2v) is 11.1. The Bertz CT molecular complexity index is 1400. The first kappa shape index (κ1) is 25.3. The van der Waals surface area contributed by atoms with Crippen LogP contribution in [-0.4, -0.2) is 101 Å². The van der Waals surface area contributed by atoms with Crippen molar-refractivity contribution in [2.45, 2.75) is 38.1 Å². The van der Waals surface area contributed by atoms with Crippen LogP contribution < -0.4 is 15.5 Å². The number of likely N-dealkylation sites (tertiary alicyclic amines) is 2. The SMILES string of the molecule is Cc1cccc(-c2ccn(-c3cc(N4CCOCC4)c4c(n3)NC(C(=O)N3CCC(N5CCC5)C(F)C3)N4)n2)c1. The summed E-state index contributed by atoms with van der Waals surface area (Å²) in [6.07, 6.45) is 1.97. The van der Waals surface area contributed by atoms with Crippen molar-refractivity contribution in [1.82, 2.24) is 24.6 Å². The van der Waals surface area contributed by atoms with Crippen LogP contribution in [0.15, 0.2) is 42.6 Å². The van der Waals surface area contributed by atoms with Gasteiger partial charge in [0.15, 0.2) is 17.8 Å². The molecule has 1 aromatic carbocycles. The standard InChI is InChI=1S/C29H35FN8O2/c1-19-4-2-5-20(16-19)22-6-11-38(34-22)25-17-24(36-12-14-40-15-13-36)26-27(31-25)33-28(32-26)29(39)37-10-7-23(21(30)18-37)35-8-3-9-35/h2,4-6,11,16-17,21,23,28,32H,3,7-10,12-15,18H2,1H3,(H,31,33). The van der Waals surface area contributed by atoms with Crippen LogP contribution in [0.3, 0.4) is 0 Å². The predicted octanol–water partition coefficient (Wildman–Crippen LogP) is 2.89. The Kier molecular flexibility index (Phi) is 6.55. The molecule has 10 nitrogen and oxygen atoms in total. The predicted molar refractivity (Wildman–Crippen MR) is 152 cm³/mol. The molecule has 0 spiro atoms. The van der Waals surface area contributed by atoms with Crippen molar-refractivity contribution in [1.29, 1.82) is 0 Å². The van der Waals surface area contributed by atoms with Gasteiger partial charge in [-0.05, 0) is 45.0 Å². The highest BCUT2D eigenvalue weighted by Crippen LogP contribution is 2.39. The fourth-order valence-electron chi connectivity index (χ4n) is 6.15. The summed E-state index contributed by atoms with van der Waals surface area (Å²) in [5, 5.41) is 11.5. The van der Waals surface area contributed by atoms with Gasteiger partial charge in [-0.15, -0.1) is 0 Å². The molecule has 1 amide bonds. The topological polar surface area (TPSA) is 90.8 Å².